The Kier molecular flexibility index (Phi) is 4.02. The maximum Gasteiger partial charge on any atom is 0.331 e. The van der Waals surface area contributed by atoms with Crippen LogP contribution in [0, 0.1) is 5.92 Å². The van der Waals surface area contributed by atoms with Gasteiger partial charge in [-0.25, -0.2) is 4.79 Å². The van der Waals surface area contributed by atoms with E-state index in [1.807, 2.05) is 0 Å². The van der Waals surface area contributed by atoms with Crippen molar-refractivity contribution < 1.29 is 24.2 Å². The van der Waals surface area contributed by atoms with Crippen LogP contribution in [0.5, 0.6) is 5.75 Å². The predicted octanol–water partition coefficient (Wildman–Crippen LogP) is 1.45. The molecular weight excluding hydrogens is 286 g/mol. The van der Waals surface area contributed by atoms with Crippen molar-refractivity contribution in [3.63, 3.8) is 0 Å². The Hall–Kier alpha value is -2.08. The summed E-state index contributed by atoms with van der Waals surface area (Å²) in [6.07, 6.45) is 2.72. The number of hydrogen-bond acceptors (Lipinski definition) is 4. The highest BCUT2D eigenvalue weighted by atomic mass is 16.5. The smallest absolute Gasteiger partial charge is 0.331 e. The molecule has 0 spiro atoms. The Morgan fingerprint density at radius 1 is 1.32 bits per heavy atom. The largest absolute Gasteiger partial charge is 0.493 e. The molecule has 1 aromatic carbocycles. The number of ether oxygens (including phenoxy) is 2. The number of carbonyl (C=O) groups is 2. The van der Waals surface area contributed by atoms with E-state index in [1.54, 1.807) is 24.3 Å². The van der Waals surface area contributed by atoms with Crippen molar-refractivity contribution in [3.05, 3.63) is 29.8 Å². The van der Waals surface area contributed by atoms with Crippen LogP contribution >= 0.6 is 0 Å². The number of carboxylic acids is 1. The Labute approximate surface area is 128 Å². The van der Waals surface area contributed by atoms with Crippen LogP contribution in [0.15, 0.2) is 24.3 Å². The third kappa shape index (κ3) is 3.22. The van der Waals surface area contributed by atoms with Crippen LogP contribution in [0.3, 0.4) is 0 Å². The van der Waals surface area contributed by atoms with Crippen molar-refractivity contribution in [2.75, 3.05) is 19.8 Å². The first-order valence-corrected chi connectivity index (χ1v) is 7.46. The summed E-state index contributed by atoms with van der Waals surface area (Å²) in [5.41, 5.74) is -0.913. The Morgan fingerprint density at radius 2 is 2.05 bits per heavy atom. The standard InChI is InChI=1S/C16H19NO5/c18-14(17-16(15(19)20)7-8-21-10-16)12-3-5-13(6-4-12)22-9-11-1-2-11/h3-6,11H,1-2,7-10H2,(H,17,18)(H,19,20). The monoisotopic (exact) mass is 305 g/mol. The predicted molar refractivity (Wildman–Crippen MR) is 77.9 cm³/mol. The van der Waals surface area contributed by atoms with Gasteiger partial charge in [0.2, 0.25) is 0 Å². The van der Waals surface area contributed by atoms with Gasteiger partial charge in [0.1, 0.15) is 5.75 Å². The lowest BCUT2D eigenvalue weighted by molar-refractivity contribution is -0.144. The minimum Gasteiger partial charge on any atom is -0.493 e. The van der Waals surface area contributed by atoms with Gasteiger partial charge in [0.25, 0.3) is 5.91 Å². The van der Waals surface area contributed by atoms with E-state index in [-0.39, 0.29) is 13.0 Å². The Balaban J connectivity index is 1.62. The first kappa shape index (κ1) is 14.8. The zero-order valence-electron chi connectivity index (χ0n) is 12.2. The SMILES string of the molecule is O=C(NC1(C(=O)O)CCOC1)c1ccc(OCC2CC2)cc1. The molecular formula is C16H19NO5. The molecule has 1 saturated heterocycles. The molecule has 1 atom stereocenters. The molecule has 118 valence electrons. The summed E-state index contributed by atoms with van der Waals surface area (Å²) in [5.74, 6) is -0.0919. The summed E-state index contributed by atoms with van der Waals surface area (Å²) in [6, 6.07) is 6.75. The summed E-state index contributed by atoms with van der Waals surface area (Å²) in [7, 11) is 0. The van der Waals surface area contributed by atoms with Crippen molar-refractivity contribution in [2.45, 2.75) is 24.8 Å². The van der Waals surface area contributed by atoms with Gasteiger partial charge in [0.05, 0.1) is 13.2 Å². The molecule has 1 aliphatic heterocycles. The number of amides is 1. The van der Waals surface area contributed by atoms with E-state index in [4.69, 9.17) is 9.47 Å². The van der Waals surface area contributed by atoms with E-state index in [9.17, 15) is 14.7 Å². The van der Waals surface area contributed by atoms with E-state index >= 15 is 0 Å². The fraction of sp³-hybridized carbons (Fsp3) is 0.500. The first-order valence-electron chi connectivity index (χ1n) is 7.46. The average Bonchev–Trinajstić information content (AvgIpc) is 3.23. The number of hydrogen-bond donors (Lipinski definition) is 2. The quantitative estimate of drug-likeness (QED) is 0.831. The lowest BCUT2D eigenvalue weighted by atomic mass is 9.98. The fourth-order valence-corrected chi connectivity index (χ4v) is 2.38. The maximum absolute atomic E-state index is 12.2. The van der Waals surface area contributed by atoms with Gasteiger partial charge in [-0.1, -0.05) is 0 Å². The normalized spacial score (nSPS) is 24.0. The van der Waals surface area contributed by atoms with Crippen LogP contribution in [0.1, 0.15) is 29.6 Å². The number of carboxylic acid groups (broad SMARTS) is 1. The van der Waals surface area contributed by atoms with Crippen molar-refractivity contribution in [3.8, 4) is 5.75 Å². The van der Waals surface area contributed by atoms with Gasteiger partial charge in [-0.3, -0.25) is 4.79 Å². The molecule has 1 aromatic rings. The fourth-order valence-electron chi connectivity index (χ4n) is 2.38. The molecule has 6 nitrogen and oxygen atoms in total. The number of nitrogens with one attached hydrogen (secondary N) is 1. The van der Waals surface area contributed by atoms with Crippen LogP contribution in [0.25, 0.3) is 0 Å². The molecule has 6 heteroatoms. The van der Waals surface area contributed by atoms with Gasteiger partial charge in [-0.2, -0.15) is 0 Å². The molecule has 1 heterocycles. The van der Waals surface area contributed by atoms with E-state index in [1.165, 1.54) is 12.8 Å². The van der Waals surface area contributed by atoms with E-state index in [0.717, 1.165) is 5.75 Å². The minimum atomic E-state index is -1.32. The van der Waals surface area contributed by atoms with E-state index in [0.29, 0.717) is 24.7 Å². The van der Waals surface area contributed by atoms with Gasteiger partial charge in [0.15, 0.2) is 5.54 Å². The zero-order chi connectivity index (χ0) is 15.6. The molecule has 0 radical (unpaired) electrons. The third-order valence-corrected chi connectivity index (χ3v) is 4.08. The number of benzene rings is 1. The lowest BCUT2D eigenvalue weighted by Gasteiger charge is -2.23. The summed E-state index contributed by atoms with van der Waals surface area (Å²) >= 11 is 0. The topological polar surface area (TPSA) is 84.9 Å². The number of carbonyl (C=O) groups excluding carboxylic acids is 1. The highest BCUT2D eigenvalue weighted by Gasteiger charge is 2.44. The average molecular weight is 305 g/mol. The minimum absolute atomic E-state index is 0.00332. The highest BCUT2D eigenvalue weighted by Crippen LogP contribution is 2.29. The second-order valence-electron chi connectivity index (χ2n) is 5.92. The molecule has 2 fully saturated rings. The summed E-state index contributed by atoms with van der Waals surface area (Å²) in [6.45, 7) is 1.04. The molecule has 1 amide bonds. The molecule has 0 bridgehead atoms. The van der Waals surface area contributed by atoms with Gasteiger partial charge in [-0.05, 0) is 43.0 Å². The second kappa shape index (κ2) is 5.96. The van der Waals surface area contributed by atoms with Crippen LogP contribution < -0.4 is 10.1 Å². The molecule has 1 aliphatic carbocycles. The van der Waals surface area contributed by atoms with Crippen molar-refractivity contribution in [2.24, 2.45) is 5.92 Å². The van der Waals surface area contributed by atoms with Gasteiger partial charge < -0.3 is 19.9 Å². The maximum atomic E-state index is 12.2. The molecule has 1 unspecified atom stereocenters. The molecule has 0 aromatic heterocycles. The molecule has 22 heavy (non-hydrogen) atoms. The molecule has 2 N–H and O–H groups in total. The Bertz CT molecular complexity index is 558. The van der Waals surface area contributed by atoms with Gasteiger partial charge in [0, 0.05) is 18.6 Å². The first-order chi connectivity index (χ1) is 10.6. The van der Waals surface area contributed by atoms with Crippen LogP contribution in [0.2, 0.25) is 0 Å². The zero-order valence-corrected chi connectivity index (χ0v) is 12.2. The second-order valence-corrected chi connectivity index (χ2v) is 5.92. The summed E-state index contributed by atoms with van der Waals surface area (Å²) in [4.78, 5) is 23.6. The number of rotatable bonds is 6. The highest BCUT2D eigenvalue weighted by molar-refractivity contribution is 5.98. The van der Waals surface area contributed by atoms with Crippen molar-refractivity contribution in [1.29, 1.82) is 0 Å². The van der Waals surface area contributed by atoms with E-state index in [2.05, 4.69) is 5.32 Å². The third-order valence-electron chi connectivity index (χ3n) is 4.08. The molecule has 2 aliphatic rings. The van der Waals surface area contributed by atoms with Crippen molar-refractivity contribution in [1.82, 2.24) is 5.32 Å². The van der Waals surface area contributed by atoms with Crippen LogP contribution in [-0.4, -0.2) is 42.3 Å². The summed E-state index contributed by atoms with van der Waals surface area (Å²) < 4.78 is 10.7. The van der Waals surface area contributed by atoms with Crippen LogP contribution in [0.4, 0.5) is 0 Å². The van der Waals surface area contributed by atoms with E-state index < -0.39 is 17.4 Å². The van der Waals surface area contributed by atoms with Gasteiger partial charge in [-0.15, -0.1) is 0 Å². The van der Waals surface area contributed by atoms with Gasteiger partial charge >= 0.3 is 5.97 Å². The Morgan fingerprint density at radius 3 is 2.59 bits per heavy atom. The summed E-state index contributed by atoms with van der Waals surface area (Å²) in [5, 5.41) is 11.9. The lowest BCUT2D eigenvalue weighted by Crippen LogP contribution is -2.55. The molecule has 1 saturated carbocycles. The van der Waals surface area contributed by atoms with Crippen molar-refractivity contribution >= 4 is 11.9 Å². The van der Waals surface area contributed by atoms with Crippen LogP contribution in [-0.2, 0) is 9.53 Å². The molecule has 3 rings (SSSR count). The number of aliphatic carboxylic acids is 1.